The first-order chi connectivity index (χ1) is 8.79. The molecule has 0 radical (unpaired) electrons. The molecule has 0 bridgehead atoms. The molecule has 3 rings (SSSR count). The van der Waals surface area contributed by atoms with Crippen LogP contribution in [0.25, 0.3) is 0 Å². The van der Waals surface area contributed by atoms with Gasteiger partial charge in [-0.1, -0.05) is 13.0 Å². The Bertz CT molecular complexity index is 432. The Morgan fingerprint density at radius 1 is 1.22 bits per heavy atom. The van der Waals surface area contributed by atoms with Gasteiger partial charge < -0.3 is 9.47 Å². The van der Waals surface area contributed by atoms with Crippen LogP contribution in [-0.4, -0.2) is 13.2 Å². The number of hydrogen-bond donors (Lipinski definition) is 2. The fourth-order valence-corrected chi connectivity index (χ4v) is 2.70. The Labute approximate surface area is 107 Å². The number of fused-ring (bicyclic) bond motifs is 1. The van der Waals surface area contributed by atoms with Crippen LogP contribution >= 0.6 is 0 Å². The molecule has 0 spiro atoms. The van der Waals surface area contributed by atoms with E-state index in [1.165, 1.54) is 18.4 Å². The van der Waals surface area contributed by atoms with Gasteiger partial charge in [0.1, 0.15) is 13.2 Å². The third kappa shape index (κ3) is 2.18. The first-order valence-corrected chi connectivity index (χ1v) is 6.65. The maximum atomic E-state index is 5.73. The van der Waals surface area contributed by atoms with Crippen molar-refractivity contribution in [1.82, 2.24) is 5.43 Å². The molecule has 1 aromatic carbocycles. The number of hydrogen-bond acceptors (Lipinski definition) is 4. The Kier molecular flexibility index (Phi) is 3.14. The SMILES string of the molecule is CC(C1CC1)C(NN)c1ccc2c(c1)OCCO2. The van der Waals surface area contributed by atoms with Crippen molar-refractivity contribution in [3.8, 4) is 11.5 Å². The molecule has 0 amide bonds. The lowest BCUT2D eigenvalue weighted by atomic mass is 9.91. The summed E-state index contributed by atoms with van der Waals surface area (Å²) in [5.41, 5.74) is 4.13. The molecule has 4 nitrogen and oxygen atoms in total. The van der Waals surface area contributed by atoms with Crippen LogP contribution in [-0.2, 0) is 0 Å². The van der Waals surface area contributed by atoms with E-state index in [4.69, 9.17) is 15.3 Å². The molecule has 0 saturated heterocycles. The maximum absolute atomic E-state index is 5.73. The number of benzene rings is 1. The minimum atomic E-state index is 0.188. The largest absolute Gasteiger partial charge is 0.486 e. The molecular weight excluding hydrogens is 228 g/mol. The average Bonchev–Trinajstić information content (AvgIpc) is 3.23. The van der Waals surface area contributed by atoms with Crippen molar-refractivity contribution in [3.05, 3.63) is 23.8 Å². The second-order valence-electron chi connectivity index (χ2n) is 5.24. The van der Waals surface area contributed by atoms with Crippen molar-refractivity contribution in [3.63, 3.8) is 0 Å². The van der Waals surface area contributed by atoms with Gasteiger partial charge >= 0.3 is 0 Å². The van der Waals surface area contributed by atoms with Gasteiger partial charge in [0.05, 0.1) is 0 Å². The van der Waals surface area contributed by atoms with Gasteiger partial charge in [-0.15, -0.1) is 0 Å². The zero-order chi connectivity index (χ0) is 12.5. The average molecular weight is 248 g/mol. The minimum Gasteiger partial charge on any atom is -0.486 e. The number of nitrogens with two attached hydrogens (primary N) is 1. The normalized spacial score (nSPS) is 21.4. The van der Waals surface area contributed by atoms with Crippen molar-refractivity contribution >= 4 is 0 Å². The predicted molar refractivity (Wildman–Crippen MR) is 69.4 cm³/mol. The second kappa shape index (κ2) is 4.78. The van der Waals surface area contributed by atoms with Crippen LogP contribution in [0.3, 0.4) is 0 Å². The Balaban J connectivity index is 1.85. The van der Waals surface area contributed by atoms with E-state index < -0.39 is 0 Å². The zero-order valence-electron chi connectivity index (χ0n) is 10.7. The van der Waals surface area contributed by atoms with E-state index in [1.807, 2.05) is 6.07 Å². The van der Waals surface area contributed by atoms with Gasteiger partial charge in [-0.05, 0) is 42.4 Å². The summed E-state index contributed by atoms with van der Waals surface area (Å²) >= 11 is 0. The van der Waals surface area contributed by atoms with Gasteiger partial charge in [-0.3, -0.25) is 11.3 Å². The molecule has 3 N–H and O–H groups in total. The number of rotatable bonds is 4. The monoisotopic (exact) mass is 248 g/mol. The second-order valence-corrected chi connectivity index (χ2v) is 5.24. The maximum Gasteiger partial charge on any atom is 0.161 e. The van der Waals surface area contributed by atoms with Gasteiger partial charge in [0.2, 0.25) is 0 Å². The van der Waals surface area contributed by atoms with Crippen LogP contribution in [0.2, 0.25) is 0 Å². The van der Waals surface area contributed by atoms with Crippen LogP contribution in [0.1, 0.15) is 31.4 Å². The third-order valence-electron chi connectivity index (χ3n) is 4.00. The van der Waals surface area contributed by atoms with E-state index in [-0.39, 0.29) is 6.04 Å². The van der Waals surface area contributed by atoms with E-state index in [0.717, 1.165) is 17.4 Å². The van der Waals surface area contributed by atoms with Crippen LogP contribution in [0.15, 0.2) is 18.2 Å². The molecule has 18 heavy (non-hydrogen) atoms. The predicted octanol–water partition coefficient (Wildman–Crippen LogP) is 2.01. The highest BCUT2D eigenvalue weighted by atomic mass is 16.6. The minimum absolute atomic E-state index is 0.188. The highest BCUT2D eigenvalue weighted by Gasteiger charge is 2.34. The van der Waals surface area contributed by atoms with Crippen molar-refractivity contribution in [2.45, 2.75) is 25.8 Å². The van der Waals surface area contributed by atoms with Crippen LogP contribution < -0.4 is 20.7 Å². The van der Waals surface area contributed by atoms with Gasteiger partial charge in [0.15, 0.2) is 11.5 Å². The molecule has 2 aliphatic rings. The molecule has 1 fully saturated rings. The van der Waals surface area contributed by atoms with Gasteiger partial charge in [0.25, 0.3) is 0 Å². The molecular formula is C14H20N2O2. The van der Waals surface area contributed by atoms with Crippen molar-refractivity contribution in [2.24, 2.45) is 17.7 Å². The number of hydrazine groups is 1. The van der Waals surface area contributed by atoms with Crippen molar-refractivity contribution in [1.29, 1.82) is 0 Å². The number of nitrogens with one attached hydrogen (secondary N) is 1. The van der Waals surface area contributed by atoms with Gasteiger partial charge in [-0.2, -0.15) is 0 Å². The first-order valence-electron chi connectivity index (χ1n) is 6.65. The molecule has 1 saturated carbocycles. The first kappa shape index (κ1) is 11.8. The third-order valence-corrected chi connectivity index (χ3v) is 4.00. The van der Waals surface area contributed by atoms with E-state index in [0.29, 0.717) is 19.1 Å². The smallest absolute Gasteiger partial charge is 0.161 e. The van der Waals surface area contributed by atoms with E-state index in [9.17, 15) is 0 Å². The fraction of sp³-hybridized carbons (Fsp3) is 0.571. The Morgan fingerprint density at radius 2 is 1.94 bits per heavy atom. The summed E-state index contributed by atoms with van der Waals surface area (Å²) in [6, 6.07) is 6.30. The Morgan fingerprint density at radius 3 is 2.61 bits per heavy atom. The standard InChI is InChI=1S/C14H20N2O2/c1-9(10-2-3-10)14(16-15)11-4-5-12-13(8-11)18-7-6-17-12/h4-5,8-10,14,16H,2-3,6-7,15H2,1H3. The quantitative estimate of drug-likeness (QED) is 0.632. The summed E-state index contributed by atoms with van der Waals surface area (Å²) in [5.74, 6) is 8.75. The van der Waals surface area contributed by atoms with Crippen molar-refractivity contribution < 1.29 is 9.47 Å². The lowest BCUT2D eigenvalue weighted by Crippen LogP contribution is -2.33. The van der Waals surface area contributed by atoms with Crippen LogP contribution in [0, 0.1) is 11.8 Å². The molecule has 1 aromatic rings. The van der Waals surface area contributed by atoms with E-state index in [1.54, 1.807) is 0 Å². The molecule has 98 valence electrons. The lowest BCUT2D eigenvalue weighted by molar-refractivity contribution is 0.171. The molecule has 2 atom stereocenters. The highest BCUT2D eigenvalue weighted by Crippen LogP contribution is 2.43. The van der Waals surface area contributed by atoms with Gasteiger partial charge in [-0.25, -0.2) is 0 Å². The molecule has 0 aromatic heterocycles. The Hall–Kier alpha value is -1.26. The summed E-state index contributed by atoms with van der Waals surface area (Å²) in [5, 5.41) is 0. The van der Waals surface area contributed by atoms with Gasteiger partial charge in [0, 0.05) is 6.04 Å². The molecule has 2 unspecified atom stereocenters. The number of ether oxygens (including phenoxy) is 2. The summed E-state index contributed by atoms with van der Waals surface area (Å²) in [6.07, 6.45) is 2.65. The van der Waals surface area contributed by atoms with Crippen LogP contribution in [0.5, 0.6) is 11.5 Å². The van der Waals surface area contributed by atoms with Crippen molar-refractivity contribution in [2.75, 3.05) is 13.2 Å². The van der Waals surface area contributed by atoms with E-state index >= 15 is 0 Å². The summed E-state index contributed by atoms with van der Waals surface area (Å²) in [7, 11) is 0. The summed E-state index contributed by atoms with van der Waals surface area (Å²) in [6.45, 7) is 3.51. The highest BCUT2D eigenvalue weighted by molar-refractivity contribution is 5.44. The molecule has 1 aliphatic carbocycles. The summed E-state index contributed by atoms with van der Waals surface area (Å²) in [4.78, 5) is 0. The fourth-order valence-electron chi connectivity index (χ4n) is 2.70. The zero-order valence-corrected chi connectivity index (χ0v) is 10.7. The van der Waals surface area contributed by atoms with E-state index in [2.05, 4.69) is 24.5 Å². The molecule has 1 aliphatic heterocycles. The summed E-state index contributed by atoms with van der Waals surface area (Å²) < 4.78 is 11.2. The lowest BCUT2D eigenvalue weighted by Gasteiger charge is -2.25. The van der Waals surface area contributed by atoms with Crippen LogP contribution in [0.4, 0.5) is 0 Å². The molecule has 1 heterocycles. The topological polar surface area (TPSA) is 56.5 Å². The molecule has 4 heteroatoms.